The lowest BCUT2D eigenvalue weighted by molar-refractivity contribution is -0.133. The summed E-state index contributed by atoms with van der Waals surface area (Å²) in [5.74, 6) is 0.292. The van der Waals surface area contributed by atoms with Gasteiger partial charge in [-0.15, -0.1) is 24.8 Å². The third-order valence-electron chi connectivity index (χ3n) is 4.35. The number of carbonyl (C=O) groups is 1. The lowest BCUT2D eigenvalue weighted by Crippen LogP contribution is -2.48. The van der Waals surface area contributed by atoms with Crippen LogP contribution in [0.25, 0.3) is 0 Å². The van der Waals surface area contributed by atoms with Crippen molar-refractivity contribution in [1.82, 2.24) is 15.1 Å². The van der Waals surface area contributed by atoms with Crippen LogP contribution >= 0.6 is 24.8 Å². The Balaban J connectivity index is 0.00000132. The highest BCUT2D eigenvalue weighted by Crippen LogP contribution is 2.28. The maximum absolute atomic E-state index is 12.6. The van der Waals surface area contributed by atoms with E-state index in [1.807, 2.05) is 0 Å². The van der Waals surface area contributed by atoms with Gasteiger partial charge in [0.05, 0.1) is 6.54 Å². The molecule has 1 aromatic rings. The van der Waals surface area contributed by atoms with E-state index >= 15 is 0 Å². The summed E-state index contributed by atoms with van der Waals surface area (Å²) in [7, 11) is 0. The van der Waals surface area contributed by atoms with Gasteiger partial charge in [0.25, 0.3) is 0 Å². The SMILES string of the molecule is Cc1ccc(CN(C(=O)CN2CCNCC2)C2CC2)cc1.Cl.Cl. The minimum Gasteiger partial charge on any atom is -0.334 e. The monoisotopic (exact) mass is 359 g/mol. The molecule has 4 nitrogen and oxygen atoms in total. The number of carbonyl (C=O) groups excluding carboxylic acids is 1. The van der Waals surface area contributed by atoms with Crippen LogP contribution in [0.1, 0.15) is 24.0 Å². The van der Waals surface area contributed by atoms with Crippen LogP contribution in [0.15, 0.2) is 24.3 Å². The second kappa shape index (κ2) is 9.48. The number of nitrogens with zero attached hydrogens (tertiary/aromatic N) is 2. The van der Waals surface area contributed by atoms with Gasteiger partial charge in [-0.3, -0.25) is 9.69 Å². The summed E-state index contributed by atoms with van der Waals surface area (Å²) in [5.41, 5.74) is 2.50. The van der Waals surface area contributed by atoms with Gasteiger partial charge < -0.3 is 10.2 Å². The van der Waals surface area contributed by atoms with Gasteiger partial charge in [-0.2, -0.15) is 0 Å². The zero-order valence-corrected chi connectivity index (χ0v) is 15.3. The van der Waals surface area contributed by atoms with E-state index in [0.717, 1.165) is 32.7 Å². The number of amides is 1. The van der Waals surface area contributed by atoms with Crippen LogP contribution in [0, 0.1) is 6.92 Å². The Kier molecular flexibility index (Phi) is 8.34. The summed E-state index contributed by atoms with van der Waals surface area (Å²) in [6.07, 6.45) is 2.33. The molecule has 0 aromatic heterocycles. The molecule has 1 saturated carbocycles. The van der Waals surface area contributed by atoms with E-state index < -0.39 is 0 Å². The topological polar surface area (TPSA) is 35.6 Å². The number of hydrogen-bond acceptors (Lipinski definition) is 3. The average molecular weight is 360 g/mol. The fraction of sp³-hybridized carbons (Fsp3) is 0.588. The first kappa shape index (κ1) is 20.2. The molecule has 1 heterocycles. The van der Waals surface area contributed by atoms with Crippen molar-refractivity contribution in [2.24, 2.45) is 0 Å². The van der Waals surface area contributed by atoms with E-state index in [9.17, 15) is 4.79 Å². The zero-order valence-electron chi connectivity index (χ0n) is 13.7. The highest BCUT2D eigenvalue weighted by atomic mass is 35.5. The van der Waals surface area contributed by atoms with Crippen molar-refractivity contribution < 1.29 is 4.79 Å². The second-order valence-electron chi connectivity index (χ2n) is 6.26. The van der Waals surface area contributed by atoms with Gasteiger partial charge >= 0.3 is 0 Å². The van der Waals surface area contributed by atoms with Crippen LogP contribution in [0.3, 0.4) is 0 Å². The standard InChI is InChI=1S/C17H25N3O.2ClH/c1-14-2-4-15(5-3-14)12-20(16-6-7-16)17(21)13-19-10-8-18-9-11-19;;/h2-5,16,18H,6-13H2,1H3;2*1H. The quantitative estimate of drug-likeness (QED) is 0.875. The van der Waals surface area contributed by atoms with Crippen molar-refractivity contribution in [2.45, 2.75) is 32.4 Å². The van der Waals surface area contributed by atoms with Crippen LogP contribution in [0.2, 0.25) is 0 Å². The minimum atomic E-state index is 0. The van der Waals surface area contributed by atoms with Crippen molar-refractivity contribution in [1.29, 1.82) is 0 Å². The molecule has 23 heavy (non-hydrogen) atoms. The van der Waals surface area contributed by atoms with E-state index in [4.69, 9.17) is 0 Å². The molecular formula is C17H27Cl2N3O. The van der Waals surface area contributed by atoms with Gasteiger partial charge in [-0.1, -0.05) is 29.8 Å². The zero-order chi connectivity index (χ0) is 14.7. The van der Waals surface area contributed by atoms with E-state index in [1.54, 1.807) is 0 Å². The number of piperazine rings is 1. The van der Waals surface area contributed by atoms with Crippen LogP contribution in [-0.4, -0.2) is 54.5 Å². The van der Waals surface area contributed by atoms with Crippen molar-refractivity contribution >= 4 is 30.7 Å². The fourth-order valence-electron chi connectivity index (χ4n) is 2.85. The lowest BCUT2D eigenvalue weighted by atomic mass is 10.1. The van der Waals surface area contributed by atoms with Gasteiger partial charge in [-0.25, -0.2) is 0 Å². The maximum atomic E-state index is 12.6. The molecule has 0 bridgehead atoms. The number of rotatable bonds is 5. The first-order valence-corrected chi connectivity index (χ1v) is 8.00. The summed E-state index contributed by atoms with van der Waals surface area (Å²) in [6.45, 7) is 7.38. The van der Waals surface area contributed by atoms with Crippen molar-refractivity contribution in [3.8, 4) is 0 Å². The Hall–Kier alpha value is -0.810. The molecule has 1 aromatic carbocycles. The average Bonchev–Trinajstić information content (AvgIpc) is 3.32. The predicted octanol–water partition coefficient (Wildman–Crippen LogP) is 2.23. The number of hydrogen-bond donors (Lipinski definition) is 1. The lowest BCUT2D eigenvalue weighted by Gasteiger charge is -2.30. The van der Waals surface area contributed by atoms with E-state index in [-0.39, 0.29) is 24.8 Å². The highest BCUT2D eigenvalue weighted by Gasteiger charge is 2.33. The first-order valence-electron chi connectivity index (χ1n) is 8.00. The van der Waals surface area contributed by atoms with Crippen LogP contribution < -0.4 is 5.32 Å². The van der Waals surface area contributed by atoms with Crippen molar-refractivity contribution in [3.63, 3.8) is 0 Å². The summed E-state index contributed by atoms with van der Waals surface area (Å²) < 4.78 is 0. The number of halogens is 2. The summed E-state index contributed by atoms with van der Waals surface area (Å²) in [5, 5.41) is 3.33. The van der Waals surface area contributed by atoms with Gasteiger partial charge in [-0.05, 0) is 25.3 Å². The molecule has 130 valence electrons. The third kappa shape index (κ3) is 5.96. The van der Waals surface area contributed by atoms with E-state index in [0.29, 0.717) is 18.5 Å². The van der Waals surface area contributed by atoms with E-state index in [1.165, 1.54) is 24.0 Å². The number of benzene rings is 1. The molecule has 1 aliphatic heterocycles. The molecule has 3 rings (SSSR count). The molecule has 1 N–H and O–H groups in total. The van der Waals surface area contributed by atoms with E-state index in [2.05, 4.69) is 46.3 Å². The molecular weight excluding hydrogens is 333 g/mol. The Morgan fingerprint density at radius 2 is 1.78 bits per heavy atom. The fourth-order valence-corrected chi connectivity index (χ4v) is 2.85. The molecule has 1 saturated heterocycles. The summed E-state index contributed by atoms with van der Waals surface area (Å²) >= 11 is 0. The highest BCUT2D eigenvalue weighted by molar-refractivity contribution is 5.85. The molecule has 0 radical (unpaired) electrons. The normalized spacial score (nSPS) is 17.8. The summed E-state index contributed by atoms with van der Waals surface area (Å²) in [6, 6.07) is 9.01. The number of nitrogens with one attached hydrogen (secondary N) is 1. The predicted molar refractivity (Wildman–Crippen MR) is 98.6 cm³/mol. The Labute approximate surface area is 151 Å². The van der Waals surface area contributed by atoms with Gasteiger partial charge in [0.1, 0.15) is 0 Å². The second-order valence-corrected chi connectivity index (χ2v) is 6.26. The first-order chi connectivity index (χ1) is 10.2. The smallest absolute Gasteiger partial charge is 0.237 e. The third-order valence-corrected chi connectivity index (χ3v) is 4.35. The summed E-state index contributed by atoms with van der Waals surface area (Å²) in [4.78, 5) is 17.0. The molecule has 2 fully saturated rings. The molecule has 2 aliphatic rings. The van der Waals surface area contributed by atoms with Crippen molar-refractivity contribution in [2.75, 3.05) is 32.7 Å². The Morgan fingerprint density at radius 3 is 2.35 bits per heavy atom. The minimum absolute atomic E-state index is 0. The molecule has 0 spiro atoms. The maximum Gasteiger partial charge on any atom is 0.237 e. The number of aryl methyl sites for hydroxylation is 1. The Morgan fingerprint density at radius 1 is 1.17 bits per heavy atom. The molecule has 1 aliphatic carbocycles. The largest absolute Gasteiger partial charge is 0.334 e. The van der Waals surface area contributed by atoms with Crippen LogP contribution in [0.4, 0.5) is 0 Å². The molecule has 6 heteroatoms. The molecule has 0 atom stereocenters. The van der Waals surface area contributed by atoms with Crippen molar-refractivity contribution in [3.05, 3.63) is 35.4 Å². The van der Waals surface area contributed by atoms with Gasteiger partial charge in [0.15, 0.2) is 0 Å². The van der Waals surface area contributed by atoms with Crippen LogP contribution in [-0.2, 0) is 11.3 Å². The molecule has 1 amide bonds. The Bertz CT molecular complexity index is 485. The van der Waals surface area contributed by atoms with Crippen LogP contribution in [0.5, 0.6) is 0 Å². The molecule has 0 unspecified atom stereocenters. The van der Waals surface area contributed by atoms with Gasteiger partial charge in [0.2, 0.25) is 5.91 Å². The van der Waals surface area contributed by atoms with Gasteiger partial charge in [0, 0.05) is 38.8 Å².